The second kappa shape index (κ2) is 6.41. The Bertz CT molecular complexity index is 434. The first-order valence-corrected chi connectivity index (χ1v) is 6.63. The number of pyridine rings is 1. The Kier molecular flexibility index (Phi) is 5.15. The lowest BCUT2D eigenvalue weighted by Gasteiger charge is -2.33. The van der Waals surface area contributed by atoms with E-state index >= 15 is 0 Å². The van der Waals surface area contributed by atoms with Gasteiger partial charge in [0.2, 0.25) is 0 Å². The quantitative estimate of drug-likeness (QED) is 0.773. The molecule has 0 spiro atoms. The summed E-state index contributed by atoms with van der Waals surface area (Å²) < 4.78 is 4.77. The molecule has 0 aliphatic carbocycles. The summed E-state index contributed by atoms with van der Waals surface area (Å²) in [6, 6.07) is 1.59. The van der Waals surface area contributed by atoms with Gasteiger partial charge in [-0.2, -0.15) is 0 Å². The zero-order chi connectivity index (χ0) is 14.5. The first kappa shape index (κ1) is 15.3. The van der Waals surface area contributed by atoms with E-state index in [0.29, 0.717) is 17.1 Å². The highest BCUT2D eigenvalue weighted by Gasteiger charge is 2.26. The van der Waals surface area contributed by atoms with Crippen molar-refractivity contribution in [2.24, 2.45) is 0 Å². The van der Waals surface area contributed by atoms with Crippen molar-refractivity contribution in [2.75, 3.05) is 18.2 Å². The molecule has 0 amide bonds. The van der Waals surface area contributed by atoms with Crippen LogP contribution in [0.2, 0.25) is 0 Å². The summed E-state index contributed by atoms with van der Waals surface area (Å²) in [5.74, 6) is 0.103. The summed E-state index contributed by atoms with van der Waals surface area (Å²) in [4.78, 5) is 16.0. The number of rotatable bonds is 6. The maximum absolute atomic E-state index is 11.8. The average molecular weight is 265 g/mol. The van der Waals surface area contributed by atoms with Crippen molar-refractivity contribution in [1.29, 1.82) is 0 Å². The molecule has 1 heterocycles. The molecule has 0 fully saturated rings. The van der Waals surface area contributed by atoms with Gasteiger partial charge in [0.25, 0.3) is 0 Å². The molecule has 19 heavy (non-hydrogen) atoms. The van der Waals surface area contributed by atoms with Crippen molar-refractivity contribution in [3.63, 3.8) is 0 Å². The van der Waals surface area contributed by atoms with Crippen molar-refractivity contribution in [2.45, 2.75) is 45.6 Å². The maximum atomic E-state index is 11.8. The lowest BCUT2D eigenvalue weighted by atomic mass is 9.89. The predicted octanol–water partition coefficient (Wildman–Crippen LogP) is 2.83. The number of aromatic nitrogens is 1. The van der Waals surface area contributed by atoms with Crippen LogP contribution in [0.3, 0.4) is 0 Å². The number of ether oxygens (including phenoxy) is 1. The summed E-state index contributed by atoms with van der Waals surface area (Å²) in [6.07, 6.45) is 4.40. The molecule has 1 rings (SSSR count). The van der Waals surface area contributed by atoms with E-state index in [4.69, 9.17) is 10.5 Å². The van der Waals surface area contributed by atoms with Gasteiger partial charge in [0.15, 0.2) is 0 Å². The van der Waals surface area contributed by atoms with E-state index in [9.17, 15) is 4.79 Å². The molecule has 0 aromatic carbocycles. The molecule has 1 aromatic rings. The zero-order valence-electron chi connectivity index (χ0n) is 12.1. The Balaban J connectivity index is 3.16. The van der Waals surface area contributed by atoms with Crippen molar-refractivity contribution in [3.8, 4) is 0 Å². The Morgan fingerprint density at radius 3 is 2.42 bits per heavy atom. The molecule has 5 heteroatoms. The molecule has 0 aliphatic heterocycles. The summed E-state index contributed by atoms with van der Waals surface area (Å²) in [5.41, 5.74) is 6.44. The molecule has 106 valence electrons. The molecule has 0 saturated heterocycles. The van der Waals surface area contributed by atoms with Crippen LogP contribution in [0.5, 0.6) is 0 Å². The van der Waals surface area contributed by atoms with Crippen LogP contribution in [0.25, 0.3) is 0 Å². The fourth-order valence-corrected chi connectivity index (χ4v) is 2.11. The number of anilines is 2. The highest BCUT2D eigenvalue weighted by molar-refractivity contribution is 5.95. The van der Waals surface area contributed by atoms with Gasteiger partial charge in [0.1, 0.15) is 11.4 Å². The number of nitrogens with two attached hydrogens (primary N) is 1. The monoisotopic (exact) mass is 265 g/mol. The van der Waals surface area contributed by atoms with Gasteiger partial charge in [-0.15, -0.1) is 0 Å². The second-order valence-corrected chi connectivity index (χ2v) is 4.62. The van der Waals surface area contributed by atoms with Gasteiger partial charge in [0, 0.05) is 5.54 Å². The molecule has 0 radical (unpaired) electrons. The zero-order valence-corrected chi connectivity index (χ0v) is 12.1. The fourth-order valence-electron chi connectivity index (χ4n) is 2.11. The SMILES string of the molecule is CCC(CC)(CC)Nc1ncc(N)cc1C(=O)OC. The van der Waals surface area contributed by atoms with Gasteiger partial charge in [-0.1, -0.05) is 20.8 Å². The van der Waals surface area contributed by atoms with Gasteiger partial charge in [0.05, 0.1) is 19.0 Å². The van der Waals surface area contributed by atoms with Gasteiger partial charge in [-0.05, 0) is 25.3 Å². The number of hydrogen-bond donors (Lipinski definition) is 2. The molecular formula is C14H23N3O2. The van der Waals surface area contributed by atoms with E-state index in [2.05, 4.69) is 31.1 Å². The lowest BCUT2D eigenvalue weighted by molar-refractivity contribution is 0.0601. The smallest absolute Gasteiger partial charge is 0.341 e. The topological polar surface area (TPSA) is 77.2 Å². The van der Waals surface area contributed by atoms with Crippen LogP contribution in [-0.4, -0.2) is 23.6 Å². The van der Waals surface area contributed by atoms with Crippen molar-refractivity contribution >= 4 is 17.5 Å². The van der Waals surface area contributed by atoms with Crippen LogP contribution in [0.1, 0.15) is 50.4 Å². The summed E-state index contributed by atoms with van der Waals surface area (Å²) in [7, 11) is 1.35. The van der Waals surface area contributed by atoms with Crippen LogP contribution < -0.4 is 11.1 Å². The van der Waals surface area contributed by atoms with E-state index < -0.39 is 5.97 Å². The molecule has 3 N–H and O–H groups in total. The first-order valence-electron chi connectivity index (χ1n) is 6.63. The van der Waals surface area contributed by atoms with Crippen LogP contribution in [0.15, 0.2) is 12.3 Å². The molecular weight excluding hydrogens is 242 g/mol. The van der Waals surface area contributed by atoms with Gasteiger partial charge in [-0.25, -0.2) is 9.78 Å². The number of hydrogen-bond acceptors (Lipinski definition) is 5. The molecule has 0 unspecified atom stereocenters. The van der Waals surface area contributed by atoms with E-state index in [1.807, 2.05) is 0 Å². The van der Waals surface area contributed by atoms with E-state index in [-0.39, 0.29) is 5.54 Å². The predicted molar refractivity (Wildman–Crippen MR) is 77.2 cm³/mol. The number of nitrogens with zero attached hydrogens (tertiary/aromatic N) is 1. The van der Waals surface area contributed by atoms with Gasteiger partial charge >= 0.3 is 5.97 Å². The Morgan fingerprint density at radius 2 is 1.95 bits per heavy atom. The second-order valence-electron chi connectivity index (χ2n) is 4.62. The minimum atomic E-state index is -0.431. The molecule has 0 aliphatic rings. The number of nitrogens with one attached hydrogen (secondary N) is 1. The third-order valence-electron chi connectivity index (χ3n) is 3.73. The highest BCUT2D eigenvalue weighted by Crippen LogP contribution is 2.27. The average Bonchev–Trinajstić information content (AvgIpc) is 2.45. The third-order valence-corrected chi connectivity index (χ3v) is 3.73. The number of esters is 1. The van der Waals surface area contributed by atoms with Crippen LogP contribution in [0, 0.1) is 0 Å². The standard InChI is InChI=1S/C14H23N3O2/c1-5-14(6-2,7-3)17-12-11(13(18)19-4)8-10(15)9-16-12/h8-9H,5-7,15H2,1-4H3,(H,16,17). The molecule has 0 atom stereocenters. The molecule has 0 saturated carbocycles. The van der Waals surface area contributed by atoms with Crippen LogP contribution >= 0.6 is 0 Å². The number of carbonyl (C=O) groups is 1. The van der Waals surface area contributed by atoms with E-state index in [1.165, 1.54) is 7.11 Å². The summed E-state index contributed by atoms with van der Waals surface area (Å²) in [5, 5.41) is 3.39. The van der Waals surface area contributed by atoms with Crippen molar-refractivity contribution < 1.29 is 9.53 Å². The van der Waals surface area contributed by atoms with Gasteiger partial charge in [-0.3, -0.25) is 0 Å². The van der Waals surface area contributed by atoms with E-state index in [1.54, 1.807) is 12.3 Å². The number of carbonyl (C=O) groups excluding carboxylic acids is 1. The Labute approximate surface area is 114 Å². The highest BCUT2D eigenvalue weighted by atomic mass is 16.5. The lowest BCUT2D eigenvalue weighted by Crippen LogP contribution is -2.37. The summed E-state index contributed by atoms with van der Waals surface area (Å²) in [6.45, 7) is 6.36. The summed E-state index contributed by atoms with van der Waals surface area (Å²) >= 11 is 0. The Hall–Kier alpha value is -1.78. The molecule has 0 bridgehead atoms. The van der Waals surface area contributed by atoms with Crippen LogP contribution in [0.4, 0.5) is 11.5 Å². The minimum absolute atomic E-state index is 0.0636. The minimum Gasteiger partial charge on any atom is -0.465 e. The number of methoxy groups -OCH3 is 1. The normalized spacial score (nSPS) is 11.2. The van der Waals surface area contributed by atoms with Gasteiger partial charge < -0.3 is 15.8 Å². The van der Waals surface area contributed by atoms with Crippen molar-refractivity contribution in [1.82, 2.24) is 4.98 Å². The maximum Gasteiger partial charge on any atom is 0.341 e. The first-order chi connectivity index (χ1) is 9.01. The largest absolute Gasteiger partial charge is 0.465 e. The molecule has 5 nitrogen and oxygen atoms in total. The van der Waals surface area contributed by atoms with Crippen molar-refractivity contribution in [3.05, 3.63) is 17.8 Å². The van der Waals surface area contributed by atoms with E-state index in [0.717, 1.165) is 19.3 Å². The van der Waals surface area contributed by atoms with Crippen LogP contribution in [-0.2, 0) is 4.74 Å². The fraction of sp³-hybridized carbons (Fsp3) is 0.571. The molecule has 1 aromatic heterocycles. The third kappa shape index (κ3) is 3.36. The Morgan fingerprint density at radius 1 is 1.37 bits per heavy atom. The number of nitrogen functional groups attached to an aromatic ring is 1.